The van der Waals surface area contributed by atoms with Gasteiger partial charge >= 0.3 is 0 Å². The molecule has 2 rings (SSSR count). The molecule has 1 unspecified atom stereocenters. The first-order chi connectivity index (χ1) is 8.74. The Morgan fingerprint density at radius 1 is 1.50 bits per heavy atom. The van der Waals surface area contributed by atoms with Crippen LogP contribution in [0.4, 0.5) is 0 Å². The van der Waals surface area contributed by atoms with Crippen LogP contribution in [-0.2, 0) is 0 Å². The molecule has 18 heavy (non-hydrogen) atoms. The molecule has 0 saturated carbocycles. The van der Waals surface area contributed by atoms with Gasteiger partial charge in [0.05, 0.1) is 7.11 Å². The van der Waals surface area contributed by atoms with Crippen LogP contribution in [0.2, 0.25) is 0 Å². The largest absolute Gasteiger partial charge is 0.497 e. The molecular formula is C14H21NO2S. The molecular weight excluding hydrogens is 246 g/mol. The van der Waals surface area contributed by atoms with Gasteiger partial charge in [0.1, 0.15) is 17.6 Å². The van der Waals surface area contributed by atoms with Gasteiger partial charge in [-0.15, -0.1) is 0 Å². The molecule has 1 aromatic carbocycles. The van der Waals surface area contributed by atoms with Crippen LogP contribution in [0.5, 0.6) is 11.5 Å². The van der Waals surface area contributed by atoms with Crippen LogP contribution < -0.4 is 15.2 Å². The summed E-state index contributed by atoms with van der Waals surface area (Å²) in [6.45, 7) is 0. The molecule has 100 valence electrons. The van der Waals surface area contributed by atoms with E-state index >= 15 is 0 Å². The van der Waals surface area contributed by atoms with Gasteiger partial charge in [0.25, 0.3) is 0 Å². The summed E-state index contributed by atoms with van der Waals surface area (Å²) in [6.07, 6.45) is 5.56. The van der Waals surface area contributed by atoms with Crippen molar-refractivity contribution >= 4 is 11.8 Å². The van der Waals surface area contributed by atoms with Crippen LogP contribution in [0.1, 0.15) is 30.9 Å². The Morgan fingerprint density at radius 2 is 2.33 bits per heavy atom. The van der Waals surface area contributed by atoms with Gasteiger partial charge in [-0.1, -0.05) is 0 Å². The lowest BCUT2D eigenvalue weighted by Crippen LogP contribution is -2.29. The van der Waals surface area contributed by atoms with Gasteiger partial charge in [0, 0.05) is 18.0 Å². The van der Waals surface area contributed by atoms with E-state index in [1.54, 1.807) is 7.11 Å². The monoisotopic (exact) mass is 267 g/mol. The number of benzene rings is 1. The predicted octanol–water partition coefficient (Wildman–Crippen LogP) is 2.99. The smallest absolute Gasteiger partial charge is 0.124 e. The summed E-state index contributed by atoms with van der Waals surface area (Å²) in [5.74, 6) is 2.95. The SMILES string of the molecule is COc1ccc2c(c1)[C@H](N)CC(CCCSC)O2. The van der Waals surface area contributed by atoms with Crippen LogP contribution in [-0.4, -0.2) is 25.2 Å². The number of hydrogen-bond acceptors (Lipinski definition) is 4. The van der Waals surface area contributed by atoms with Gasteiger partial charge in [0.2, 0.25) is 0 Å². The zero-order chi connectivity index (χ0) is 13.0. The molecule has 3 nitrogen and oxygen atoms in total. The number of hydrogen-bond donors (Lipinski definition) is 1. The fourth-order valence-electron chi connectivity index (χ4n) is 2.32. The van der Waals surface area contributed by atoms with Crippen molar-refractivity contribution in [2.45, 2.75) is 31.4 Å². The number of rotatable bonds is 5. The van der Waals surface area contributed by atoms with Crippen molar-refractivity contribution < 1.29 is 9.47 Å². The number of fused-ring (bicyclic) bond motifs is 1. The van der Waals surface area contributed by atoms with Gasteiger partial charge in [0.15, 0.2) is 0 Å². The first kappa shape index (κ1) is 13.6. The number of ether oxygens (including phenoxy) is 2. The second-order valence-corrected chi connectivity index (χ2v) is 5.61. The number of methoxy groups -OCH3 is 1. The van der Waals surface area contributed by atoms with Gasteiger partial charge < -0.3 is 15.2 Å². The molecule has 2 atom stereocenters. The second kappa shape index (κ2) is 6.34. The summed E-state index contributed by atoms with van der Waals surface area (Å²) in [5.41, 5.74) is 7.29. The standard InChI is InChI=1S/C14H21NO2S/c1-16-10-5-6-14-12(8-10)13(15)9-11(17-14)4-3-7-18-2/h5-6,8,11,13H,3-4,7,9,15H2,1-2H3/t11?,13-/m1/s1. The normalized spacial score (nSPS) is 22.2. The Balaban J connectivity index is 2.04. The Kier molecular flexibility index (Phi) is 4.78. The molecule has 0 aliphatic carbocycles. The van der Waals surface area contributed by atoms with Crippen molar-refractivity contribution in [1.82, 2.24) is 0 Å². The molecule has 1 heterocycles. The minimum absolute atomic E-state index is 0.0585. The van der Waals surface area contributed by atoms with E-state index in [0.717, 1.165) is 29.9 Å². The summed E-state index contributed by atoms with van der Waals surface area (Å²) in [7, 11) is 1.67. The maximum absolute atomic E-state index is 6.22. The first-order valence-electron chi connectivity index (χ1n) is 6.33. The molecule has 1 aromatic rings. The molecule has 0 amide bonds. The molecule has 0 fully saturated rings. The summed E-state index contributed by atoms with van der Waals surface area (Å²) in [6, 6.07) is 5.94. The van der Waals surface area contributed by atoms with E-state index in [1.807, 2.05) is 30.0 Å². The lowest BCUT2D eigenvalue weighted by molar-refractivity contribution is 0.149. The van der Waals surface area contributed by atoms with Crippen molar-refractivity contribution in [3.8, 4) is 11.5 Å². The minimum atomic E-state index is 0.0585. The first-order valence-corrected chi connectivity index (χ1v) is 7.73. The van der Waals surface area contributed by atoms with Crippen molar-refractivity contribution in [2.75, 3.05) is 19.1 Å². The summed E-state index contributed by atoms with van der Waals surface area (Å²) in [5, 5.41) is 0. The number of thioether (sulfide) groups is 1. The topological polar surface area (TPSA) is 44.5 Å². The third-order valence-electron chi connectivity index (χ3n) is 3.30. The third-order valence-corrected chi connectivity index (χ3v) is 4.00. The fourth-order valence-corrected chi connectivity index (χ4v) is 2.78. The molecule has 1 aliphatic heterocycles. The van der Waals surface area contributed by atoms with Crippen LogP contribution in [0.15, 0.2) is 18.2 Å². The average Bonchev–Trinajstić information content (AvgIpc) is 2.39. The van der Waals surface area contributed by atoms with Gasteiger partial charge in [-0.3, -0.25) is 0 Å². The minimum Gasteiger partial charge on any atom is -0.497 e. The molecule has 0 spiro atoms. The Hall–Kier alpha value is -0.870. The molecule has 0 aromatic heterocycles. The Labute approximate surface area is 113 Å². The highest BCUT2D eigenvalue weighted by atomic mass is 32.2. The van der Waals surface area contributed by atoms with E-state index < -0.39 is 0 Å². The predicted molar refractivity (Wildman–Crippen MR) is 76.6 cm³/mol. The fraction of sp³-hybridized carbons (Fsp3) is 0.571. The molecule has 0 saturated heterocycles. The van der Waals surface area contributed by atoms with E-state index in [-0.39, 0.29) is 12.1 Å². The molecule has 2 N–H and O–H groups in total. The van der Waals surface area contributed by atoms with Crippen LogP contribution >= 0.6 is 11.8 Å². The zero-order valence-corrected chi connectivity index (χ0v) is 11.8. The summed E-state index contributed by atoms with van der Waals surface area (Å²) < 4.78 is 11.2. The van der Waals surface area contributed by atoms with Gasteiger partial charge in [-0.2, -0.15) is 11.8 Å². The maximum atomic E-state index is 6.22. The molecule has 1 aliphatic rings. The molecule has 0 bridgehead atoms. The van der Waals surface area contributed by atoms with E-state index in [1.165, 1.54) is 12.2 Å². The molecule has 0 radical (unpaired) electrons. The van der Waals surface area contributed by atoms with Crippen molar-refractivity contribution in [3.05, 3.63) is 23.8 Å². The maximum Gasteiger partial charge on any atom is 0.124 e. The van der Waals surface area contributed by atoms with E-state index in [9.17, 15) is 0 Å². The van der Waals surface area contributed by atoms with Crippen molar-refractivity contribution in [2.24, 2.45) is 5.73 Å². The number of nitrogens with two attached hydrogens (primary N) is 1. The third kappa shape index (κ3) is 3.12. The van der Waals surface area contributed by atoms with Gasteiger partial charge in [-0.05, 0) is 43.0 Å². The zero-order valence-electron chi connectivity index (χ0n) is 11.0. The lowest BCUT2D eigenvalue weighted by atomic mass is 9.95. The van der Waals surface area contributed by atoms with Crippen molar-refractivity contribution in [3.63, 3.8) is 0 Å². The quantitative estimate of drug-likeness (QED) is 0.833. The van der Waals surface area contributed by atoms with E-state index in [0.29, 0.717) is 0 Å². The molecule has 4 heteroatoms. The summed E-state index contributed by atoms with van der Waals surface area (Å²) >= 11 is 1.88. The Morgan fingerprint density at radius 3 is 3.06 bits per heavy atom. The van der Waals surface area contributed by atoms with Crippen LogP contribution in [0, 0.1) is 0 Å². The van der Waals surface area contributed by atoms with E-state index in [2.05, 4.69) is 6.26 Å². The second-order valence-electron chi connectivity index (χ2n) is 4.62. The highest BCUT2D eigenvalue weighted by Crippen LogP contribution is 2.36. The van der Waals surface area contributed by atoms with E-state index in [4.69, 9.17) is 15.2 Å². The van der Waals surface area contributed by atoms with Gasteiger partial charge in [-0.25, -0.2) is 0 Å². The van der Waals surface area contributed by atoms with Crippen LogP contribution in [0.25, 0.3) is 0 Å². The lowest BCUT2D eigenvalue weighted by Gasteiger charge is -2.30. The Bertz CT molecular complexity index is 397. The summed E-state index contributed by atoms with van der Waals surface area (Å²) in [4.78, 5) is 0. The highest BCUT2D eigenvalue weighted by Gasteiger charge is 2.25. The highest BCUT2D eigenvalue weighted by molar-refractivity contribution is 7.98. The van der Waals surface area contributed by atoms with Crippen molar-refractivity contribution in [1.29, 1.82) is 0 Å². The van der Waals surface area contributed by atoms with Crippen LogP contribution in [0.3, 0.4) is 0 Å². The average molecular weight is 267 g/mol.